The van der Waals surface area contributed by atoms with Gasteiger partial charge in [-0.2, -0.15) is 13.2 Å². The number of nitro groups is 1. The number of hydrogen-bond donors (Lipinski definition) is 0. The zero-order valence-electron chi connectivity index (χ0n) is 16.3. The number of aryl methyl sites for hydroxylation is 1. The van der Waals surface area contributed by atoms with Crippen molar-refractivity contribution >= 4 is 17.3 Å². The molecule has 1 aromatic heterocycles. The van der Waals surface area contributed by atoms with Crippen molar-refractivity contribution in [2.45, 2.75) is 31.7 Å². The van der Waals surface area contributed by atoms with Gasteiger partial charge in [0.05, 0.1) is 16.5 Å². The highest BCUT2D eigenvalue weighted by Gasteiger charge is 2.32. The van der Waals surface area contributed by atoms with Crippen LogP contribution in [0.25, 0.3) is 0 Å². The number of nitrogens with zero attached hydrogens (tertiary/aromatic N) is 3. The van der Waals surface area contributed by atoms with Gasteiger partial charge < -0.3 is 4.57 Å². The lowest BCUT2D eigenvalue weighted by Crippen LogP contribution is -2.30. The quantitative estimate of drug-likeness (QED) is 0.359. The second-order valence-corrected chi connectivity index (χ2v) is 7.92. The summed E-state index contributed by atoms with van der Waals surface area (Å²) in [5.41, 5.74) is 1.19. The fourth-order valence-corrected chi connectivity index (χ4v) is 4.32. The standard InChI is InChI=1S/C22H19ClF3N3O2/c23-19-8-7-17(29(30)31)13-18(19)21-20-6-2-9-27(20)10-3-11-28(21)14-15-4-1-5-16(12-15)22(24,25)26/h1-2,4-9,12-13,21H,3,10-11,14H2. The first kappa shape index (κ1) is 21.4. The molecule has 0 saturated heterocycles. The maximum Gasteiger partial charge on any atom is 0.416 e. The number of nitro benzene ring substituents is 1. The van der Waals surface area contributed by atoms with E-state index >= 15 is 0 Å². The first-order valence-electron chi connectivity index (χ1n) is 9.73. The van der Waals surface area contributed by atoms with Crippen LogP contribution in [0.2, 0.25) is 5.02 Å². The van der Waals surface area contributed by atoms with Crippen molar-refractivity contribution < 1.29 is 18.1 Å². The average Bonchev–Trinajstić information content (AvgIpc) is 3.10. The molecule has 2 aromatic carbocycles. The predicted molar refractivity (Wildman–Crippen MR) is 111 cm³/mol. The van der Waals surface area contributed by atoms with Crippen LogP contribution in [0.3, 0.4) is 0 Å². The summed E-state index contributed by atoms with van der Waals surface area (Å²) in [5, 5.41) is 11.7. The largest absolute Gasteiger partial charge is 0.416 e. The van der Waals surface area contributed by atoms with Gasteiger partial charge in [-0.25, -0.2) is 0 Å². The van der Waals surface area contributed by atoms with E-state index in [1.165, 1.54) is 24.3 Å². The van der Waals surface area contributed by atoms with E-state index in [0.717, 1.165) is 30.8 Å². The van der Waals surface area contributed by atoms with Gasteiger partial charge in [-0.15, -0.1) is 0 Å². The number of hydrogen-bond acceptors (Lipinski definition) is 3. The molecule has 31 heavy (non-hydrogen) atoms. The van der Waals surface area contributed by atoms with E-state index in [1.807, 2.05) is 23.2 Å². The third-order valence-electron chi connectivity index (χ3n) is 5.48. The maximum absolute atomic E-state index is 13.2. The number of halogens is 4. The molecule has 0 radical (unpaired) electrons. The lowest BCUT2D eigenvalue weighted by molar-refractivity contribution is -0.384. The van der Waals surface area contributed by atoms with Gasteiger partial charge in [0.1, 0.15) is 0 Å². The summed E-state index contributed by atoms with van der Waals surface area (Å²) in [6, 6.07) is 12.9. The molecule has 0 bridgehead atoms. The van der Waals surface area contributed by atoms with E-state index in [1.54, 1.807) is 6.07 Å². The van der Waals surface area contributed by atoms with E-state index < -0.39 is 22.7 Å². The Kier molecular flexibility index (Phi) is 5.77. The van der Waals surface area contributed by atoms with E-state index in [9.17, 15) is 23.3 Å². The summed E-state index contributed by atoms with van der Waals surface area (Å²) in [5.74, 6) is 0. The highest BCUT2D eigenvalue weighted by atomic mass is 35.5. The molecule has 0 saturated carbocycles. The van der Waals surface area contributed by atoms with Gasteiger partial charge in [0.25, 0.3) is 5.69 Å². The normalized spacial score (nSPS) is 17.2. The molecule has 5 nitrogen and oxygen atoms in total. The highest BCUT2D eigenvalue weighted by molar-refractivity contribution is 6.31. The maximum atomic E-state index is 13.2. The van der Waals surface area contributed by atoms with Crippen LogP contribution in [-0.4, -0.2) is 20.9 Å². The second-order valence-electron chi connectivity index (χ2n) is 7.51. The molecule has 3 aromatic rings. The number of rotatable bonds is 4. The number of aromatic nitrogens is 1. The molecule has 2 heterocycles. The topological polar surface area (TPSA) is 51.3 Å². The van der Waals surface area contributed by atoms with Crippen LogP contribution in [0.5, 0.6) is 0 Å². The molecule has 0 amide bonds. The Morgan fingerprint density at radius 2 is 1.90 bits per heavy atom. The van der Waals surface area contributed by atoms with E-state index in [2.05, 4.69) is 4.57 Å². The summed E-state index contributed by atoms with van der Waals surface area (Å²) < 4.78 is 41.6. The van der Waals surface area contributed by atoms with Gasteiger partial charge >= 0.3 is 6.18 Å². The minimum Gasteiger partial charge on any atom is -0.350 e. The lowest BCUT2D eigenvalue weighted by atomic mass is 10.00. The van der Waals surface area contributed by atoms with E-state index in [-0.39, 0.29) is 12.2 Å². The summed E-state index contributed by atoms with van der Waals surface area (Å²) in [6.07, 6.45) is -1.71. The summed E-state index contributed by atoms with van der Waals surface area (Å²) in [6.45, 7) is 1.59. The van der Waals surface area contributed by atoms with Crippen molar-refractivity contribution in [2.75, 3.05) is 6.54 Å². The van der Waals surface area contributed by atoms with E-state index in [4.69, 9.17) is 11.6 Å². The van der Waals surface area contributed by atoms with Crippen molar-refractivity contribution in [3.05, 3.63) is 98.3 Å². The lowest BCUT2D eigenvalue weighted by Gasteiger charge is -2.31. The third kappa shape index (κ3) is 4.45. The molecule has 0 N–H and O–H groups in total. The number of benzene rings is 2. The molecule has 0 fully saturated rings. The van der Waals surface area contributed by atoms with Crippen LogP contribution in [0, 0.1) is 10.1 Å². The van der Waals surface area contributed by atoms with Gasteiger partial charge in [0.2, 0.25) is 0 Å². The van der Waals surface area contributed by atoms with Crippen molar-refractivity contribution in [2.24, 2.45) is 0 Å². The van der Waals surface area contributed by atoms with E-state index in [0.29, 0.717) is 22.7 Å². The SMILES string of the molecule is O=[N+]([O-])c1ccc(Cl)c(C2c3cccn3CCCN2Cc2cccc(C(F)(F)F)c2)c1. The molecule has 1 atom stereocenters. The summed E-state index contributed by atoms with van der Waals surface area (Å²) in [4.78, 5) is 12.9. The van der Waals surface area contributed by atoms with Gasteiger partial charge in [-0.1, -0.05) is 29.8 Å². The van der Waals surface area contributed by atoms with Crippen molar-refractivity contribution in [3.63, 3.8) is 0 Å². The number of fused-ring (bicyclic) bond motifs is 1. The molecule has 1 aliphatic rings. The van der Waals surface area contributed by atoms with Crippen LogP contribution in [0.15, 0.2) is 60.8 Å². The predicted octanol–water partition coefficient (Wildman–Crippen LogP) is 6.06. The molecule has 1 aliphatic heterocycles. The zero-order valence-corrected chi connectivity index (χ0v) is 17.1. The Balaban J connectivity index is 1.78. The smallest absolute Gasteiger partial charge is 0.350 e. The van der Waals surface area contributed by atoms with Crippen LogP contribution < -0.4 is 0 Å². The first-order valence-corrected chi connectivity index (χ1v) is 10.1. The zero-order chi connectivity index (χ0) is 22.2. The van der Waals surface area contributed by atoms with Crippen LogP contribution in [-0.2, 0) is 19.3 Å². The van der Waals surface area contributed by atoms with Crippen LogP contribution in [0.4, 0.5) is 18.9 Å². The van der Waals surface area contributed by atoms with Gasteiger partial charge in [-0.3, -0.25) is 15.0 Å². The first-order chi connectivity index (χ1) is 14.7. The van der Waals surface area contributed by atoms with Crippen molar-refractivity contribution in [3.8, 4) is 0 Å². The van der Waals surface area contributed by atoms with Gasteiger partial charge in [-0.05, 0) is 36.2 Å². The minimum atomic E-state index is -4.42. The Bertz CT molecular complexity index is 1110. The minimum absolute atomic E-state index is 0.0826. The number of non-ortho nitro benzene ring substituents is 1. The Labute approximate surface area is 181 Å². The monoisotopic (exact) mass is 449 g/mol. The fraction of sp³-hybridized carbons (Fsp3) is 0.273. The Hall–Kier alpha value is -2.84. The van der Waals surface area contributed by atoms with Crippen LogP contribution >= 0.6 is 11.6 Å². The van der Waals surface area contributed by atoms with Crippen molar-refractivity contribution in [1.82, 2.24) is 9.47 Å². The summed E-state index contributed by atoms with van der Waals surface area (Å²) in [7, 11) is 0. The van der Waals surface area contributed by atoms with Gasteiger partial charge in [0.15, 0.2) is 0 Å². The van der Waals surface area contributed by atoms with Gasteiger partial charge in [0, 0.05) is 54.2 Å². The molecule has 4 rings (SSSR count). The summed E-state index contributed by atoms with van der Waals surface area (Å²) >= 11 is 6.47. The Morgan fingerprint density at radius 1 is 1.10 bits per heavy atom. The molecule has 1 unspecified atom stereocenters. The molecule has 0 aliphatic carbocycles. The fourth-order valence-electron chi connectivity index (χ4n) is 4.10. The average molecular weight is 450 g/mol. The molecule has 9 heteroatoms. The molecular weight excluding hydrogens is 431 g/mol. The Morgan fingerprint density at radius 3 is 2.65 bits per heavy atom. The highest BCUT2D eigenvalue weighted by Crippen LogP contribution is 2.38. The number of alkyl halides is 3. The third-order valence-corrected chi connectivity index (χ3v) is 5.82. The molecule has 162 valence electrons. The second kappa shape index (κ2) is 8.36. The van der Waals surface area contributed by atoms with Crippen molar-refractivity contribution in [1.29, 1.82) is 0 Å². The molecule has 0 spiro atoms. The molecular formula is C22H19ClF3N3O2. The van der Waals surface area contributed by atoms with Crippen LogP contribution in [0.1, 0.15) is 34.8 Å².